The van der Waals surface area contributed by atoms with Crippen molar-refractivity contribution in [3.63, 3.8) is 0 Å². The van der Waals surface area contributed by atoms with Crippen LogP contribution in [-0.4, -0.2) is 38.2 Å². The van der Waals surface area contributed by atoms with E-state index in [1.54, 1.807) is 0 Å². The lowest BCUT2D eigenvalue weighted by atomic mass is 10.1. The maximum absolute atomic E-state index is 10.8. The molecule has 0 aromatic heterocycles. The minimum Gasteiger partial charge on any atom is -0.487 e. The molecular formula is C20H23NO3. The molecule has 2 aromatic rings. The summed E-state index contributed by atoms with van der Waals surface area (Å²) in [6.07, 6.45) is 1.08. The highest BCUT2D eigenvalue weighted by Gasteiger charge is 2.28. The molecule has 1 heterocycles. The van der Waals surface area contributed by atoms with Gasteiger partial charge < -0.3 is 14.4 Å². The van der Waals surface area contributed by atoms with Gasteiger partial charge in [-0.05, 0) is 43.2 Å². The van der Waals surface area contributed by atoms with Crippen molar-refractivity contribution in [1.29, 1.82) is 0 Å². The average Bonchev–Trinajstić information content (AvgIpc) is 2.56. The molecule has 0 amide bonds. The number of anilines is 1. The first kappa shape index (κ1) is 16.5. The zero-order valence-electron chi connectivity index (χ0n) is 14.0. The van der Waals surface area contributed by atoms with Crippen LogP contribution < -0.4 is 9.64 Å². The first-order valence-corrected chi connectivity index (χ1v) is 8.33. The number of Topliss-reactive ketones (excluding diaryl/α,β-unsaturated/α-hetero) is 1. The van der Waals surface area contributed by atoms with Crippen LogP contribution in [0.15, 0.2) is 54.6 Å². The normalized spacial score (nSPS) is 14.3. The topological polar surface area (TPSA) is 38.8 Å². The minimum absolute atomic E-state index is 0.0652. The van der Waals surface area contributed by atoms with E-state index in [0.29, 0.717) is 6.61 Å². The standard InChI is InChI=1S/C20H23NO3/c1-16(22)15-23-12-11-17-7-9-18(10-8-17)21-13-20(14-21)24-19-5-3-2-4-6-19/h2-10,20H,11-15H2,1H3. The summed E-state index contributed by atoms with van der Waals surface area (Å²) in [7, 11) is 0. The molecule has 0 aliphatic carbocycles. The molecule has 0 radical (unpaired) electrons. The number of ketones is 1. The number of para-hydroxylation sites is 1. The van der Waals surface area contributed by atoms with Gasteiger partial charge in [0.05, 0.1) is 19.7 Å². The Hall–Kier alpha value is -2.33. The summed E-state index contributed by atoms with van der Waals surface area (Å²) in [5.41, 5.74) is 2.44. The Kier molecular flexibility index (Phi) is 5.49. The monoisotopic (exact) mass is 325 g/mol. The van der Waals surface area contributed by atoms with E-state index in [9.17, 15) is 4.79 Å². The van der Waals surface area contributed by atoms with Gasteiger partial charge in [0.25, 0.3) is 0 Å². The van der Waals surface area contributed by atoms with Gasteiger partial charge >= 0.3 is 0 Å². The van der Waals surface area contributed by atoms with Crippen LogP contribution in [0.5, 0.6) is 5.75 Å². The largest absolute Gasteiger partial charge is 0.487 e. The Morgan fingerprint density at radius 1 is 1.08 bits per heavy atom. The summed E-state index contributed by atoms with van der Waals surface area (Å²) in [4.78, 5) is 13.1. The lowest BCUT2D eigenvalue weighted by Crippen LogP contribution is -2.54. The molecule has 0 atom stereocenters. The van der Waals surface area contributed by atoms with Crippen LogP contribution >= 0.6 is 0 Å². The van der Waals surface area contributed by atoms with E-state index in [4.69, 9.17) is 9.47 Å². The van der Waals surface area contributed by atoms with Gasteiger partial charge in [0.2, 0.25) is 0 Å². The second-order valence-corrected chi connectivity index (χ2v) is 6.13. The fourth-order valence-corrected chi connectivity index (χ4v) is 2.69. The molecule has 1 saturated heterocycles. The lowest BCUT2D eigenvalue weighted by Gasteiger charge is -2.40. The maximum atomic E-state index is 10.8. The molecular weight excluding hydrogens is 302 g/mol. The number of hydrogen-bond acceptors (Lipinski definition) is 4. The highest BCUT2D eigenvalue weighted by Crippen LogP contribution is 2.24. The lowest BCUT2D eigenvalue weighted by molar-refractivity contribution is -0.121. The van der Waals surface area contributed by atoms with E-state index < -0.39 is 0 Å². The second kappa shape index (κ2) is 7.97. The highest BCUT2D eigenvalue weighted by molar-refractivity contribution is 5.76. The van der Waals surface area contributed by atoms with E-state index >= 15 is 0 Å². The zero-order chi connectivity index (χ0) is 16.8. The Balaban J connectivity index is 1.41. The van der Waals surface area contributed by atoms with Crippen molar-refractivity contribution in [2.24, 2.45) is 0 Å². The fourth-order valence-electron chi connectivity index (χ4n) is 2.69. The number of rotatable bonds is 8. The predicted octanol–water partition coefficient (Wildman–Crippen LogP) is 3.10. The first-order valence-electron chi connectivity index (χ1n) is 8.33. The molecule has 0 unspecified atom stereocenters. The van der Waals surface area contributed by atoms with Gasteiger partial charge in [-0.25, -0.2) is 0 Å². The smallest absolute Gasteiger partial charge is 0.155 e. The van der Waals surface area contributed by atoms with Gasteiger partial charge in [-0.2, -0.15) is 0 Å². The molecule has 1 aliphatic rings. The van der Waals surface area contributed by atoms with E-state index in [0.717, 1.165) is 25.3 Å². The predicted molar refractivity (Wildman–Crippen MR) is 94.7 cm³/mol. The molecule has 2 aromatic carbocycles. The number of carbonyl (C=O) groups is 1. The van der Waals surface area contributed by atoms with E-state index in [1.165, 1.54) is 18.2 Å². The molecule has 0 saturated carbocycles. The molecule has 4 nitrogen and oxygen atoms in total. The van der Waals surface area contributed by atoms with E-state index in [-0.39, 0.29) is 18.5 Å². The van der Waals surface area contributed by atoms with Gasteiger partial charge in [-0.15, -0.1) is 0 Å². The third-order valence-corrected chi connectivity index (χ3v) is 4.04. The summed E-state index contributed by atoms with van der Waals surface area (Å²) in [6, 6.07) is 18.5. The maximum Gasteiger partial charge on any atom is 0.155 e. The Morgan fingerprint density at radius 2 is 1.79 bits per heavy atom. The number of carbonyl (C=O) groups excluding carboxylic acids is 1. The van der Waals surface area contributed by atoms with E-state index in [1.807, 2.05) is 30.3 Å². The van der Waals surface area contributed by atoms with Crippen molar-refractivity contribution in [2.75, 3.05) is 31.2 Å². The van der Waals surface area contributed by atoms with Crippen molar-refractivity contribution in [2.45, 2.75) is 19.4 Å². The third-order valence-electron chi connectivity index (χ3n) is 4.04. The number of benzene rings is 2. The van der Waals surface area contributed by atoms with Gasteiger partial charge in [-0.3, -0.25) is 4.79 Å². The summed E-state index contributed by atoms with van der Waals surface area (Å²) < 4.78 is 11.2. The van der Waals surface area contributed by atoms with Gasteiger partial charge in [0.15, 0.2) is 5.78 Å². The van der Waals surface area contributed by atoms with Crippen LogP contribution in [0.25, 0.3) is 0 Å². The van der Waals surface area contributed by atoms with Crippen molar-refractivity contribution in [3.8, 4) is 5.75 Å². The molecule has 4 heteroatoms. The van der Waals surface area contributed by atoms with E-state index in [2.05, 4.69) is 29.2 Å². The van der Waals surface area contributed by atoms with Crippen LogP contribution in [-0.2, 0) is 16.0 Å². The Morgan fingerprint density at radius 3 is 2.46 bits per heavy atom. The number of ether oxygens (including phenoxy) is 2. The van der Waals surface area contributed by atoms with Crippen molar-refractivity contribution < 1.29 is 14.3 Å². The fraction of sp³-hybridized carbons (Fsp3) is 0.350. The molecule has 0 N–H and O–H groups in total. The van der Waals surface area contributed by atoms with Crippen LogP contribution in [0.2, 0.25) is 0 Å². The molecule has 1 aliphatic heterocycles. The SMILES string of the molecule is CC(=O)COCCc1ccc(N2CC(Oc3ccccc3)C2)cc1. The molecule has 3 rings (SSSR count). The van der Waals surface area contributed by atoms with Crippen molar-refractivity contribution >= 4 is 11.5 Å². The average molecular weight is 325 g/mol. The summed E-state index contributed by atoms with van der Waals surface area (Å²) in [5, 5.41) is 0. The van der Waals surface area contributed by atoms with Crippen molar-refractivity contribution in [3.05, 3.63) is 60.2 Å². The van der Waals surface area contributed by atoms with Gasteiger partial charge in [0, 0.05) is 5.69 Å². The zero-order valence-corrected chi connectivity index (χ0v) is 14.0. The van der Waals surface area contributed by atoms with Crippen LogP contribution in [0.1, 0.15) is 12.5 Å². The number of hydrogen-bond donors (Lipinski definition) is 0. The third kappa shape index (κ3) is 4.59. The van der Waals surface area contributed by atoms with Crippen LogP contribution in [0, 0.1) is 0 Å². The first-order chi connectivity index (χ1) is 11.7. The Labute approximate surface area is 143 Å². The highest BCUT2D eigenvalue weighted by atomic mass is 16.5. The van der Waals surface area contributed by atoms with Crippen molar-refractivity contribution in [1.82, 2.24) is 0 Å². The summed E-state index contributed by atoms with van der Waals surface area (Å²) in [5.74, 6) is 0.999. The Bertz CT molecular complexity index is 648. The molecule has 0 spiro atoms. The molecule has 0 bridgehead atoms. The van der Waals surface area contributed by atoms with Crippen LogP contribution in [0.3, 0.4) is 0 Å². The summed E-state index contributed by atoms with van der Waals surface area (Å²) >= 11 is 0. The van der Waals surface area contributed by atoms with Gasteiger partial charge in [-0.1, -0.05) is 30.3 Å². The molecule has 1 fully saturated rings. The number of nitrogens with zero attached hydrogens (tertiary/aromatic N) is 1. The van der Waals surface area contributed by atoms with Gasteiger partial charge in [0.1, 0.15) is 18.5 Å². The molecule has 24 heavy (non-hydrogen) atoms. The quantitative estimate of drug-likeness (QED) is 0.699. The molecule has 126 valence electrons. The minimum atomic E-state index is 0.0652. The second-order valence-electron chi connectivity index (χ2n) is 6.13. The summed E-state index contributed by atoms with van der Waals surface area (Å²) in [6.45, 7) is 4.15. The van der Waals surface area contributed by atoms with Crippen LogP contribution in [0.4, 0.5) is 5.69 Å².